The second kappa shape index (κ2) is 15.8. The van der Waals surface area contributed by atoms with E-state index in [1.807, 2.05) is 104 Å². The number of rotatable bonds is 3. The van der Waals surface area contributed by atoms with Crippen molar-refractivity contribution in [3.63, 3.8) is 0 Å². The number of nitrogens with one attached hydrogen (secondary N) is 1. The first-order valence-electron chi connectivity index (χ1n) is 9.05. The number of aryl methyl sites for hydroxylation is 2. The van der Waals surface area contributed by atoms with Crippen molar-refractivity contribution in [3.05, 3.63) is 65.2 Å². The quantitative estimate of drug-likeness (QED) is 0.678. The monoisotopic (exact) mass is 329 g/mol. The third-order valence-electron chi connectivity index (χ3n) is 2.82. The van der Waals surface area contributed by atoms with Crippen LogP contribution in [0.2, 0.25) is 0 Å². The minimum atomic E-state index is 0.0164. The fourth-order valence-corrected chi connectivity index (χ4v) is 1.73. The zero-order valence-electron chi connectivity index (χ0n) is 16.7. The predicted octanol–water partition coefficient (Wildman–Crippen LogP) is 6.56. The molecule has 0 fully saturated rings. The van der Waals surface area contributed by atoms with E-state index in [1.165, 1.54) is 11.1 Å². The molecule has 0 atom stereocenters. The molecular formula is C22H35NO. The first kappa shape index (κ1) is 24.2. The van der Waals surface area contributed by atoms with Crippen LogP contribution in [-0.2, 0) is 11.2 Å². The summed E-state index contributed by atoms with van der Waals surface area (Å²) >= 11 is 0. The van der Waals surface area contributed by atoms with Gasteiger partial charge in [-0.15, -0.1) is 0 Å². The summed E-state index contributed by atoms with van der Waals surface area (Å²) in [6.45, 7) is 16.1. The van der Waals surface area contributed by atoms with Crippen molar-refractivity contribution in [2.45, 2.75) is 61.8 Å². The topological polar surface area (TPSA) is 29.1 Å². The Balaban J connectivity index is 0. The van der Waals surface area contributed by atoms with Crippen molar-refractivity contribution >= 4 is 11.6 Å². The van der Waals surface area contributed by atoms with Gasteiger partial charge in [-0.3, -0.25) is 4.79 Å². The van der Waals surface area contributed by atoms with Gasteiger partial charge in [-0.1, -0.05) is 89.1 Å². The van der Waals surface area contributed by atoms with E-state index >= 15 is 0 Å². The Morgan fingerprint density at radius 2 is 1.08 bits per heavy atom. The van der Waals surface area contributed by atoms with Gasteiger partial charge in [-0.05, 0) is 31.5 Å². The summed E-state index contributed by atoms with van der Waals surface area (Å²) in [4.78, 5) is 11.8. The Kier molecular flexibility index (Phi) is 15.9. The molecule has 0 unspecified atom stereocenters. The van der Waals surface area contributed by atoms with E-state index in [9.17, 15) is 4.79 Å². The standard InChI is InChI=1S/C16H17NO.3C2H6/c1-12-3-7-14(8-4-12)11-16(18)17-15-9-5-13(2)6-10-15;3*1-2/h3-10H,11H2,1-2H3,(H,17,18);3*1-2H3. The molecule has 24 heavy (non-hydrogen) atoms. The third kappa shape index (κ3) is 10.6. The van der Waals surface area contributed by atoms with Crippen LogP contribution in [0, 0.1) is 13.8 Å². The number of amides is 1. The predicted molar refractivity (Wildman–Crippen MR) is 109 cm³/mol. The summed E-state index contributed by atoms with van der Waals surface area (Å²) in [5.41, 5.74) is 4.27. The van der Waals surface area contributed by atoms with Gasteiger partial charge in [0, 0.05) is 5.69 Å². The summed E-state index contributed by atoms with van der Waals surface area (Å²) in [5, 5.41) is 2.89. The van der Waals surface area contributed by atoms with Crippen molar-refractivity contribution < 1.29 is 4.79 Å². The minimum Gasteiger partial charge on any atom is -0.326 e. The summed E-state index contributed by atoms with van der Waals surface area (Å²) in [6.07, 6.45) is 0.411. The number of hydrogen-bond acceptors (Lipinski definition) is 1. The molecule has 2 aromatic carbocycles. The molecule has 0 heterocycles. The van der Waals surface area contributed by atoms with E-state index < -0.39 is 0 Å². The van der Waals surface area contributed by atoms with Crippen LogP contribution < -0.4 is 5.32 Å². The molecule has 2 nitrogen and oxygen atoms in total. The maximum atomic E-state index is 11.8. The van der Waals surface area contributed by atoms with Crippen LogP contribution >= 0.6 is 0 Å². The molecule has 2 aromatic rings. The Morgan fingerprint density at radius 1 is 0.708 bits per heavy atom. The fourth-order valence-electron chi connectivity index (χ4n) is 1.73. The van der Waals surface area contributed by atoms with E-state index in [2.05, 4.69) is 5.32 Å². The second-order valence-electron chi connectivity index (χ2n) is 4.58. The molecule has 2 heteroatoms. The first-order valence-corrected chi connectivity index (χ1v) is 9.05. The molecule has 0 spiro atoms. The van der Waals surface area contributed by atoms with Crippen molar-refractivity contribution in [2.75, 3.05) is 5.32 Å². The second-order valence-corrected chi connectivity index (χ2v) is 4.58. The van der Waals surface area contributed by atoms with Gasteiger partial charge in [0.2, 0.25) is 5.91 Å². The molecule has 0 saturated heterocycles. The highest BCUT2D eigenvalue weighted by Gasteiger charge is 2.03. The molecule has 134 valence electrons. The largest absolute Gasteiger partial charge is 0.326 e. The van der Waals surface area contributed by atoms with Crippen LogP contribution in [0.15, 0.2) is 48.5 Å². The lowest BCUT2D eigenvalue weighted by atomic mass is 10.1. The van der Waals surface area contributed by atoms with E-state index in [1.54, 1.807) is 0 Å². The highest BCUT2D eigenvalue weighted by Crippen LogP contribution is 2.10. The minimum absolute atomic E-state index is 0.0164. The van der Waals surface area contributed by atoms with Crippen LogP contribution in [-0.4, -0.2) is 5.91 Å². The zero-order valence-corrected chi connectivity index (χ0v) is 16.7. The zero-order chi connectivity index (χ0) is 19.0. The van der Waals surface area contributed by atoms with Crippen LogP contribution in [0.3, 0.4) is 0 Å². The number of benzene rings is 2. The number of carbonyl (C=O) groups excluding carboxylic acids is 1. The lowest BCUT2D eigenvalue weighted by Gasteiger charge is -2.06. The molecule has 0 bridgehead atoms. The fraction of sp³-hybridized carbons (Fsp3) is 0.409. The van der Waals surface area contributed by atoms with Gasteiger partial charge in [0.25, 0.3) is 0 Å². The normalized spacial score (nSPS) is 8.33. The number of carbonyl (C=O) groups is 1. The van der Waals surface area contributed by atoms with Gasteiger partial charge in [0.05, 0.1) is 6.42 Å². The van der Waals surface area contributed by atoms with E-state index in [0.29, 0.717) is 6.42 Å². The number of anilines is 1. The lowest BCUT2D eigenvalue weighted by Crippen LogP contribution is -2.14. The van der Waals surface area contributed by atoms with Gasteiger partial charge in [0.1, 0.15) is 0 Å². The Hall–Kier alpha value is -2.09. The lowest BCUT2D eigenvalue weighted by molar-refractivity contribution is -0.115. The summed E-state index contributed by atoms with van der Waals surface area (Å²) in [5.74, 6) is 0.0164. The van der Waals surface area contributed by atoms with Crippen molar-refractivity contribution in [2.24, 2.45) is 0 Å². The molecule has 2 rings (SSSR count). The molecule has 0 saturated carbocycles. The Morgan fingerprint density at radius 3 is 1.50 bits per heavy atom. The van der Waals surface area contributed by atoms with Crippen LogP contribution in [0.4, 0.5) is 5.69 Å². The van der Waals surface area contributed by atoms with E-state index in [0.717, 1.165) is 11.3 Å². The molecule has 0 aliphatic heterocycles. The smallest absolute Gasteiger partial charge is 0.228 e. The molecule has 0 radical (unpaired) electrons. The summed E-state index contributed by atoms with van der Waals surface area (Å²) < 4.78 is 0. The Labute approximate surface area is 149 Å². The molecule has 0 aliphatic carbocycles. The number of hydrogen-bond donors (Lipinski definition) is 1. The van der Waals surface area contributed by atoms with Crippen LogP contribution in [0.25, 0.3) is 0 Å². The SMILES string of the molecule is CC.CC.CC.Cc1ccc(CC(=O)Nc2ccc(C)cc2)cc1. The maximum absolute atomic E-state index is 11.8. The van der Waals surface area contributed by atoms with Gasteiger partial charge in [-0.2, -0.15) is 0 Å². The van der Waals surface area contributed by atoms with E-state index in [4.69, 9.17) is 0 Å². The molecule has 1 amide bonds. The maximum Gasteiger partial charge on any atom is 0.228 e. The van der Waals surface area contributed by atoms with Crippen LogP contribution in [0.1, 0.15) is 58.2 Å². The van der Waals surface area contributed by atoms with Crippen LogP contribution in [0.5, 0.6) is 0 Å². The first-order chi connectivity index (χ1) is 11.6. The highest BCUT2D eigenvalue weighted by atomic mass is 16.1. The van der Waals surface area contributed by atoms with Crippen molar-refractivity contribution in [1.82, 2.24) is 0 Å². The van der Waals surface area contributed by atoms with E-state index in [-0.39, 0.29) is 5.91 Å². The van der Waals surface area contributed by atoms with Crippen molar-refractivity contribution in [3.8, 4) is 0 Å². The van der Waals surface area contributed by atoms with Gasteiger partial charge in [0.15, 0.2) is 0 Å². The van der Waals surface area contributed by atoms with Gasteiger partial charge < -0.3 is 5.32 Å². The average molecular weight is 330 g/mol. The molecule has 0 aromatic heterocycles. The molecule has 0 aliphatic rings. The Bertz CT molecular complexity index is 477. The highest BCUT2D eigenvalue weighted by molar-refractivity contribution is 5.92. The average Bonchev–Trinajstić information content (AvgIpc) is 2.64. The molecular weight excluding hydrogens is 294 g/mol. The molecule has 1 N–H and O–H groups in total. The van der Waals surface area contributed by atoms with Gasteiger partial charge in [-0.25, -0.2) is 0 Å². The summed E-state index contributed by atoms with van der Waals surface area (Å²) in [7, 11) is 0. The third-order valence-corrected chi connectivity index (χ3v) is 2.82. The van der Waals surface area contributed by atoms with Gasteiger partial charge >= 0.3 is 0 Å². The van der Waals surface area contributed by atoms with Crippen molar-refractivity contribution in [1.29, 1.82) is 0 Å². The summed E-state index contributed by atoms with van der Waals surface area (Å²) in [6, 6.07) is 15.8.